The number of rotatable bonds is 5. The average Bonchev–Trinajstić information content (AvgIpc) is 2.47. The van der Waals surface area contributed by atoms with Gasteiger partial charge in [-0.2, -0.15) is 0 Å². The van der Waals surface area contributed by atoms with E-state index in [1.54, 1.807) is 19.9 Å². The number of aromatic amines is 1. The number of benzene rings is 1. The fraction of sp³-hybridized carbons (Fsp3) is 0.188. The molecule has 0 saturated heterocycles. The molecule has 0 atom stereocenters. The molecular formula is C16H15BrN2O6. The molecule has 0 radical (unpaired) electrons. The maximum atomic E-state index is 12.0. The quantitative estimate of drug-likeness (QED) is 0.592. The topological polar surface area (TPSA) is 143 Å². The van der Waals surface area contributed by atoms with Gasteiger partial charge in [-0.15, -0.1) is 0 Å². The Hall–Kier alpha value is -2.81. The Labute approximate surface area is 150 Å². The number of pyridine rings is 1. The Balaban J connectivity index is 2.88. The fourth-order valence-electron chi connectivity index (χ4n) is 2.34. The molecule has 0 aliphatic carbocycles. The van der Waals surface area contributed by atoms with Crippen molar-refractivity contribution in [3.05, 3.63) is 44.2 Å². The molecule has 0 saturated carbocycles. The van der Waals surface area contributed by atoms with Crippen molar-refractivity contribution in [1.82, 2.24) is 4.98 Å². The SMILES string of the molecule is CC(C)Oc1cc(-c2c(C(=O)O)c(N)[nH]c(=O)c2C(=O)O)ccc1Br. The van der Waals surface area contributed by atoms with Gasteiger partial charge in [0.25, 0.3) is 5.56 Å². The maximum Gasteiger partial charge on any atom is 0.342 e. The van der Waals surface area contributed by atoms with Gasteiger partial charge in [0.15, 0.2) is 0 Å². The molecule has 0 amide bonds. The highest BCUT2D eigenvalue weighted by Gasteiger charge is 2.27. The highest BCUT2D eigenvalue weighted by molar-refractivity contribution is 9.10. The Morgan fingerprint density at radius 2 is 1.80 bits per heavy atom. The van der Waals surface area contributed by atoms with Gasteiger partial charge in [-0.05, 0) is 47.5 Å². The molecule has 0 aliphatic heterocycles. The molecule has 132 valence electrons. The average molecular weight is 411 g/mol. The van der Waals surface area contributed by atoms with Crippen LogP contribution in [0.15, 0.2) is 27.5 Å². The molecule has 0 unspecified atom stereocenters. The number of nitrogen functional groups attached to an aromatic ring is 1. The molecule has 1 aromatic carbocycles. The van der Waals surface area contributed by atoms with Crippen LogP contribution in [-0.4, -0.2) is 33.2 Å². The van der Waals surface area contributed by atoms with Crippen LogP contribution in [0.2, 0.25) is 0 Å². The Morgan fingerprint density at radius 1 is 1.20 bits per heavy atom. The van der Waals surface area contributed by atoms with Crippen LogP contribution in [-0.2, 0) is 0 Å². The summed E-state index contributed by atoms with van der Waals surface area (Å²) in [6.45, 7) is 3.60. The molecule has 2 aromatic rings. The first-order valence-corrected chi connectivity index (χ1v) is 7.91. The molecule has 1 aromatic heterocycles. The molecule has 5 N–H and O–H groups in total. The van der Waals surface area contributed by atoms with Crippen molar-refractivity contribution in [3.8, 4) is 16.9 Å². The molecule has 9 heteroatoms. The number of hydrogen-bond donors (Lipinski definition) is 4. The zero-order chi connectivity index (χ0) is 18.9. The molecule has 8 nitrogen and oxygen atoms in total. The Bertz CT molecular complexity index is 920. The standard InChI is InChI=1S/C16H15BrN2O6/c1-6(2)25-9-5-7(3-4-8(9)17)10-11(15(21)22)13(18)19-14(20)12(10)16(23)24/h3-6H,1-2H3,(H,21,22)(H,23,24)(H3,18,19,20). The minimum atomic E-state index is -1.56. The lowest BCUT2D eigenvalue weighted by atomic mass is 9.95. The largest absolute Gasteiger partial charge is 0.490 e. The van der Waals surface area contributed by atoms with Gasteiger partial charge in [0.1, 0.15) is 22.7 Å². The summed E-state index contributed by atoms with van der Waals surface area (Å²) in [5, 5.41) is 18.8. The van der Waals surface area contributed by atoms with Gasteiger partial charge in [0.05, 0.1) is 10.6 Å². The number of nitrogens with two attached hydrogens (primary N) is 1. The molecule has 0 aliphatic rings. The maximum absolute atomic E-state index is 12.0. The lowest BCUT2D eigenvalue weighted by molar-refractivity contribution is 0.0695. The summed E-state index contributed by atoms with van der Waals surface area (Å²) in [7, 11) is 0. The summed E-state index contributed by atoms with van der Waals surface area (Å²) in [5.41, 5.74) is 3.34. The number of anilines is 1. The van der Waals surface area contributed by atoms with E-state index >= 15 is 0 Å². The first-order chi connectivity index (χ1) is 11.6. The van der Waals surface area contributed by atoms with Crippen molar-refractivity contribution in [2.24, 2.45) is 0 Å². The lowest BCUT2D eigenvalue weighted by Crippen LogP contribution is -2.24. The number of nitrogens with one attached hydrogen (secondary N) is 1. The van der Waals surface area contributed by atoms with Crippen LogP contribution < -0.4 is 16.0 Å². The third-order valence-electron chi connectivity index (χ3n) is 3.25. The number of carboxylic acid groups (broad SMARTS) is 2. The summed E-state index contributed by atoms with van der Waals surface area (Å²) < 4.78 is 6.20. The zero-order valence-corrected chi connectivity index (χ0v) is 14.9. The van der Waals surface area contributed by atoms with Gasteiger partial charge in [-0.3, -0.25) is 4.79 Å². The number of ether oxygens (including phenoxy) is 1. The van der Waals surface area contributed by atoms with Crippen molar-refractivity contribution in [1.29, 1.82) is 0 Å². The van der Waals surface area contributed by atoms with Crippen molar-refractivity contribution < 1.29 is 24.5 Å². The minimum Gasteiger partial charge on any atom is -0.490 e. The van der Waals surface area contributed by atoms with Gasteiger partial charge in [-0.1, -0.05) is 6.07 Å². The van der Waals surface area contributed by atoms with Crippen LogP contribution in [0.3, 0.4) is 0 Å². The van der Waals surface area contributed by atoms with Crippen molar-refractivity contribution >= 4 is 33.7 Å². The van der Waals surface area contributed by atoms with Crippen LogP contribution in [0.5, 0.6) is 5.75 Å². The summed E-state index contributed by atoms with van der Waals surface area (Å²) in [6.07, 6.45) is -0.173. The number of H-pyrrole nitrogens is 1. The highest BCUT2D eigenvalue weighted by Crippen LogP contribution is 2.35. The molecular weight excluding hydrogens is 396 g/mol. The van der Waals surface area contributed by atoms with Crippen molar-refractivity contribution in [2.45, 2.75) is 20.0 Å². The number of carbonyl (C=O) groups is 2. The van der Waals surface area contributed by atoms with E-state index in [1.807, 2.05) is 0 Å². The molecule has 0 spiro atoms. The first-order valence-electron chi connectivity index (χ1n) is 7.12. The van der Waals surface area contributed by atoms with E-state index < -0.39 is 34.4 Å². The second-order valence-electron chi connectivity index (χ2n) is 5.41. The number of carboxylic acids is 2. The summed E-state index contributed by atoms with van der Waals surface area (Å²) in [6, 6.07) is 4.50. The van der Waals surface area contributed by atoms with Crippen LogP contribution in [0.1, 0.15) is 34.6 Å². The van der Waals surface area contributed by atoms with Crippen molar-refractivity contribution in [3.63, 3.8) is 0 Å². The van der Waals surface area contributed by atoms with Crippen molar-refractivity contribution in [2.75, 3.05) is 5.73 Å². The van der Waals surface area contributed by atoms with E-state index in [0.29, 0.717) is 10.2 Å². The monoisotopic (exact) mass is 410 g/mol. The lowest BCUT2D eigenvalue weighted by Gasteiger charge is -2.15. The normalized spacial score (nSPS) is 10.7. The number of hydrogen-bond acceptors (Lipinski definition) is 5. The first kappa shape index (κ1) is 18.5. The number of aromatic nitrogens is 1. The van der Waals surface area contributed by atoms with Gasteiger partial charge in [0, 0.05) is 5.56 Å². The number of aromatic carboxylic acids is 2. The second kappa shape index (κ2) is 6.98. The highest BCUT2D eigenvalue weighted by atomic mass is 79.9. The van der Waals surface area contributed by atoms with E-state index in [2.05, 4.69) is 20.9 Å². The van der Waals surface area contributed by atoms with Gasteiger partial charge in [0.2, 0.25) is 0 Å². The fourth-order valence-corrected chi connectivity index (χ4v) is 2.68. The molecule has 0 fully saturated rings. The van der Waals surface area contributed by atoms with E-state index in [9.17, 15) is 24.6 Å². The molecule has 0 bridgehead atoms. The predicted octanol–water partition coefficient (Wildman–Crippen LogP) is 2.57. The van der Waals surface area contributed by atoms with Crippen LogP contribution >= 0.6 is 15.9 Å². The van der Waals surface area contributed by atoms with E-state index in [4.69, 9.17) is 10.5 Å². The van der Waals surface area contributed by atoms with E-state index in [-0.39, 0.29) is 17.2 Å². The summed E-state index contributed by atoms with van der Waals surface area (Å²) in [5.74, 6) is -3.07. The summed E-state index contributed by atoms with van der Waals surface area (Å²) in [4.78, 5) is 37.2. The van der Waals surface area contributed by atoms with Crippen LogP contribution in [0.25, 0.3) is 11.1 Å². The number of halogens is 1. The molecule has 1 heterocycles. The zero-order valence-electron chi connectivity index (χ0n) is 13.3. The third kappa shape index (κ3) is 3.66. The van der Waals surface area contributed by atoms with Gasteiger partial charge in [-0.25, -0.2) is 9.59 Å². The van der Waals surface area contributed by atoms with E-state index in [0.717, 1.165) is 0 Å². The summed E-state index contributed by atoms with van der Waals surface area (Å²) >= 11 is 3.31. The smallest absolute Gasteiger partial charge is 0.342 e. The van der Waals surface area contributed by atoms with Gasteiger partial charge >= 0.3 is 11.9 Å². The third-order valence-corrected chi connectivity index (χ3v) is 3.91. The Kier molecular flexibility index (Phi) is 5.17. The molecule has 25 heavy (non-hydrogen) atoms. The van der Waals surface area contributed by atoms with Crippen LogP contribution in [0.4, 0.5) is 5.82 Å². The molecule has 2 rings (SSSR count). The minimum absolute atomic E-state index is 0.173. The van der Waals surface area contributed by atoms with E-state index in [1.165, 1.54) is 12.1 Å². The second-order valence-corrected chi connectivity index (χ2v) is 6.27. The predicted molar refractivity (Wildman–Crippen MR) is 94.3 cm³/mol. The Morgan fingerprint density at radius 3 is 2.32 bits per heavy atom. The van der Waals surface area contributed by atoms with Crippen LogP contribution in [0, 0.1) is 0 Å². The van der Waals surface area contributed by atoms with Gasteiger partial charge < -0.3 is 25.7 Å².